The molecule has 4 heterocycles. The van der Waals surface area contributed by atoms with Crippen molar-refractivity contribution < 1.29 is 22.3 Å². The van der Waals surface area contributed by atoms with Gasteiger partial charge in [0.2, 0.25) is 0 Å². The van der Waals surface area contributed by atoms with Crippen LogP contribution in [0.15, 0.2) is 41.7 Å². The minimum atomic E-state index is -3.10. The molecule has 0 spiro atoms. The van der Waals surface area contributed by atoms with Crippen LogP contribution in [-0.2, 0) is 26.9 Å². The molecule has 0 aliphatic carbocycles. The van der Waals surface area contributed by atoms with E-state index in [2.05, 4.69) is 25.7 Å². The van der Waals surface area contributed by atoms with Crippen molar-refractivity contribution in [2.75, 3.05) is 23.0 Å². The molecule has 0 unspecified atom stereocenters. The summed E-state index contributed by atoms with van der Waals surface area (Å²) < 4.78 is 45.1. The van der Waals surface area contributed by atoms with Crippen molar-refractivity contribution in [3.8, 4) is 0 Å². The van der Waals surface area contributed by atoms with Gasteiger partial charge in [-0.3, -0.25) is 10.00 Å². The van der Waals surface area contributed by atoms with E-state index < -0.39 is 27.9 Å². The van der Waals surface area contributed by atoms with Crippen molar-refractivity contribution in [2.45, 2.75) is 29.8 Å². The maximum Gasteiger partial charge on any atom is 0.414 e. The predicted molar refractivity (Wildman–Crippen MR) is 121 cm³/mol. The zero-order chi connectivity index (χ0) is 23.7. The number of halogens is 1. The number of carbonyl (C=O) groups is 1. The van der Waals surface area contributed by atoms with E-state index in [9.17, 15) is 17.6 Å². The molecule has 2 aliphatic rings. The fraction of sp³-hybridized carbons (Fsp3) is 0.350. The molecule has 0 radical (unpaired) electrons. The molecule has 2 aromatic heterocycles. The second kappa shape index (κ2) is 9.18. The highest BCUT2D eigenvalue weighted by molar-refractivity contribution is 7.98. The Bertz CT molecular complexity index is 1340. The number of ether oxygens (including phenoxy) is 1. The molecule has 178 valence electrons. The number of anilines is 1. The maximum absolute atomic E-state index is 14.8. The first-order chi connectivity index (χ1) is 16.4. The first-order valence-corrected chi connectivity index (χ1v) is 13.2. The lowest BCUT2D eigenvalue weighted by Crippen LogP contribution is -2.26. The largest absolute Gasteiger partial charge is 0.442 e. The third kappa shape index (κ3) is 4.97. The molecule has 34 heavy (non-hydrogen) atoms. The van der Waals surface area contributed by atoms with Crippen LogP contribution in [0.4, 0.5) is 14.9 Å². The number of aromatic amines is 1. The van der Waals surface area contributed by atoms with E-state index in [1.54, 1.807) is 35.3 Å². The molecule has 11 nitrogen and oxygen atoms in total. The van der Waals surface area contributed by atoms with Gasteiger partial charge in [-0.05, 0) is 30.2 Å². The quantitative estimate of drug-likeness (QED) is 0.479. The SMILES string of the molecule is O=C1O[C@@H](Cn2cc(CSc3c[nH]nn3)nn2)CN1c1ccc(C2=CCS(=O)(=O)CC2)c(F)c1. The minimum absolute atomic E-state index is 0.00303. The molecule has 1 N–H and O–H groups in total. The number of carbonyl (C=O) groups excluding carboxylic acids is 1. The second-order valence-corrected chi connectivity index (χ2v) is 11.1. The van der Waals surface area contributed by atoms with Gasteiger partial charge in [0.15, 0.2) is 9.84 Å². The zero-order valence-electron chi connectivity index (χ0n) is 17.8. The van der Waals surface area contributed by atoms with Crippen molar-refractivity contribution in [2.24, 2.45) is 0 Å². The number of sulfone groups is 1. The molecule has 0 bridgehead atoms. The standard InChI is InChI=1S/C20H20FN7O4S2/c21-18-7-15(1-2-17(18)13-3-5-34(30,31)6-4-13)28-11-16(32-20(28)29)10-27-9-14(23-26-27)12-33-19-8-22-25-24-19/h1-3,7-9,16H,4-6,10-12H2,(H,22,24,25)/t16-/m0/s1. The number of hydrogen-bond donors (Lipinski definition) is 1. The highest BCUT2D eigenvalue weighted by Gasteiger charge is 2.33. The predicted octanol–water partition coefficient (Wildman–Crippen LogP) is 2.05. The number of nitrogens with zero attached hydrogens (tertiary/aromatic N) is 6. The number of H-pyrrole nitrogens is 1. The number of hydrogen-bond acceptors (Lipinski definition) is 9. The number of amides is 1. The van der Waals surface area contributed by atoms with Gasteiger partial charge in [0.25, 0.3) is 0 Å². The van der Waals surface area contributed by atoms with E-state index in [0.717, 1.165) is 10.7 Å². The van der Waals surface area contributed by atoms with Crippen LogP contribution in [0.3, 0.4) is 0 Å². The minimum Gasteiger partial charge on any atom is -0.442 e. The normalized spacial score (nSPS) is 19.8. The number of nitrogens with one attached hydrogen (secondary N) is 1. The van der Waals surface area contributed by atoms with Crippen LogP contribution in [0, 0.1) is 5.82 Å². The summed E-state index contributed by atoms with van der Waals surface area (Å²) in [5.41, 5.74) is 2.13. The van der Waals surface area contributed by atoms with Crippen LogP contribution < -0.4 is 4.90 Å². The Morgan fingerprint density at radius 3 is 2.91 bits per heavy atom. The molecule has 0 saturated carbocycles. The van der Waals surface area contributed by atoms with Crippen molar-refractivity contribution in [1.82, 2.24) is 30.4 Å². The Labute approximate surface area is 198 Å². The molecule has 14 heteroatoms. The Balaban J connectivity index is 1.21. The molecule has 1 amide bonds. The van der Waals surface area contributed by atoms with Crippen LogP contribution in [0.5, 0.6) is 0 Å². The Morgan fingerprint density at radius 2 is 2.18 bits per heavy atom. The number of aromatic nitrogens is 6. The van der Waals surface area contributed by atoms with Crippen molar-refractivity contribution in [1.29, 1.82) is 0 Å². The Morgan fingerprint density at radius 1 is 1.29 bits per heavy atom. The van der Waals surface area contributed by atoms with Gasteiger partial charge < -0.3 is 4.74 Å². The van der Waals surface area contributed by atoms with Gasteiger partial charge in [-0.1, -0.05) is 28.3 Å². The maximum atomic E-state index is 14.8. The highest BCUT2D eigenvalue weighted by Crippen LogP contribution is 2.30. The first-order valence-electron chi connectivity index (χ1n) is 10.4. The van der Waals surface area contributed by atoms with E-state index in [4.69, 9.17) is 4.74 Å². The lowest BCUT2D eigenvalue weighted by Gasteiger charge is -2.17. The van der Waals surface area contributed by atoms with E-state index in [1.165, 1.54) is 22.7 Å². The monoisotopic (exact) mass is 505 g/mol. The van der Waals surface area contributed by atoms with Crippen LogP contribution in [-0.4, -0.2) is 69.1 Å². The third-order valence-corrected chi connectivity index (χ3v) is 7.93. The summed E-state index contributed by atoms with van der Waals surface area (Å²) >= 11 is 1.46. The lowest BCUT2D eigenvalue weighted by molar-refractivity contribution is 0.129. The first kappa shape index (κ1) is 22.5. The number of thioether (sulfide) groups is 1. The molecule has 2 aliphatic heterocycles. The van der Waals surface area contributed by atoms with Gasteiger partial charge in [-0.25, -0.2) is 22.3 Å². The average Bonchev–Trinajstić information content (AvgIpc) is 3.55. The van der Waals surface area contributed by atoms with Crippen LogP contribution in [0.1, 0.15) is 17.7 Å². The Kier molecular flexibility index (Phi) is 6.08. The number of cyclic esters (lactones) is 1. The summed E-state index contributed by atoms with van der Waals surface area (Å²) in [4.78, 5) is 13.8. The Hall–Kier alpha value is -3.26. The molecule has 1 aromatic carbocycles. The second-order valence-electron chi connectivity index (χ2n) is 7.91. The lowest BCUT2D eigenvalue weighted by atomic mass is 10.0. The third-order valence-electron chi connectivity index (χ3n) is 5.49. The van der Waals surface area contributed by atoms with E-state index in [0.29, 0.717) is 29.1 Å². The fourth-order valence-electron chi connectivity index (χ4n) is 3.79. The van der Waals surface area contributed by atoms with E-state index in [1.807, 2.05) is 0 Å². The summed E-state index contributed by atoms with van der Waals surface area (Å²) in [5.74, 6) is -0.0305. The topological polar surface area (TPSA) is 136 Å². The highest BCUT2D eigenvalue weighted by atomic mass is 32.2. The molecule has 5 rings (SSSR count). The number of benzene rings is 1. The summed E-state index contributed by atoms with van der Waals surface area (Å²) in [5, 5.41) is 19.1. The summed E-state index contributed by atoms with van der Waals surface area (Å²) in [6.45, 7) is 0.549. The van der Waals surface area contributed by atoms with E-state index >= 15 is 0 Å². The molecule has 1 saturated heterocycles. The smallest absolute Gasteiger partial charge is 0.414 e. The van der Waals surface area contributed by atoms with Gasteiger partial charge in [-0.2, -0.15) is 0 Å². The van der Waals surface area contributed by atoms with Crippen LogP contribution in [0.25, 0.3) is 5.57 Å². The van der Waals surface area contributed by atoms with Crippen LogP contribution in [0.2, 0.25) is 0 Å². The summed E-state index contributed by atoms with van der Waals surface area (Å²) in [6, 6.07) is 4.49. The van der Waals surface area contributed by atoms with Gasteiger partial charge in [0, 0.05) is 17.5 Å². The number of allylic oxidation sites excluding steroid dienone is 1. The van der Waals surface area contributed by atoms with E-state index in [-0.39, 0.29) is 24.5 Å². The molecule has 1 fully saturated rings. The van der Waals surface area contributed by atoms with Gasteiger partial charge >= 0.3 is 6.09 Å². The van der Waals surface area contributed by atoms with Crippen molar-refractivity contribution in [3.63, 3.8) is 0 Å². The summed E-state index contributed by atoms with van der Waals surface area (Å²) in [6.07, 6.45) is 4.24. The fourth-order valence-corrected chi connectivity index (χ4v) is 5.61. The molecular formula is C20H20FN7O4S2. The molecule has 3 aromatic rings. The van der Waals surface area contributed by atoms with Crippen molar-refractivity contribution >= 4 is 39.0 Å². The average molecular weight is 506 g/mol. The summed E-state index contributed by atoms with van der Waals surface area (Å²) in [7, 11) is -3.10. The van der Waals surface area contributed by atoms with Gasteiger partial charge in [-0.15, -0.1) is 10.2 Å². The van der Waals surface area contributed by atoms with Gasteiger partial charge in [0.1, 0.15) is 16.9 Å². The number of rotatable bonds is 7. The molecular weight excluding hydrogens is 485 g/mol. The van der Waals surface area contributed by atoms with Crippen molar-refractivity contribution in [3.05, 3.63) is 53.7 Å². The zero-order valence-corrected chi connectivity index (χ0v) is 19.4. The van der Waals surface area contributed by atoms with Crippen LogP contribution >= 0.6 is 11.8 Å². The van der Waals surface area contributed by atoms with Gasteiger partial charge in [0.05, 0.1) is 42.2 Å². The molecule has 1 atom stereocenters.